The SMILES string of the molecule is COCCNc1cc(NC(C)(C)C)nc(C)n1. The molecule has 1 rings (SSSR count). The minimum absolute atomic E-state index is 0.00933. The fourth-order valence-electron chi connectivity index (χ4n) is 1.39. The third-order valence-electron chi connectivity index (χ3n) is 1.95. The van der Waals surface area contributed by atoms with Crippen molar-refractivity contribution in [2.75, 3.05) is 30.9 Å². The molecule has 17 heavy (non-hydrogen) atoms. The molecule has 0 bridgehead atoms. The molecule has 0 aliphatic heterocycles. The first-order valence-electron chi connectivity index (χ1n) is 5.77. The predicted octanol–water partition coefficient (Wildman–Crippen LogP) is 2.05. The first-order chi connectivity index (χ1) is 7.90. The van der Waals surface area contributed by atoms with Crippen molar-refractivity contribution in [1.82, 2.24) is 9.97 Å². The highest BCUT2D eigenvalue weighted by atomic mass is 16.5. The molecule has 0 aliphatic carbocycles. The second-order valence-corrected chi connectivity index (χ2v) is 4.98. The van der Waals surface area contributed by atoms with E-state index in [1.165, 1.54) is 0 Å². The molecule has 5 heteroatoms. The number of aromatic nitrogens is 2. The summed E-state index contributed by atoms with van der Waals surface area (Å²) >= 11 is 0. The van der Waals surface area contributed by atoms with Crippen molar-refractivity contribution >= 4 is 11.6 Å². The third-order valence-corrected chi connectivity index (χ3v) is 1.95. The van der Waals surface area contributed by atoms with Crippen LogP contribution in [0, 0.1) is 6.92 Å². The smallest absolute Gasteiger partial charge is 0.132 e. The average molecular weight is 238 g/mol. The van der Waals surface area contributed by atoms with Gasteiger partial charge < -0.3 is 15.4 Å². The Kier molecular flexibility index (Phi) is 4.69. The van der Waals surface area contributed by atoms with E-state index in [2.05, 4.69) is 41.4 Å². The van der Waals surface area contributed by atoms with Crippen LogP contribution in [0.3, 0.4) is 0 Å². The van der Waals surface area contributed by atoms with E-state index in [0.717, 1.165) is 24.0 Å². The minimum Gasteiger partial charge on any atom is -0.383 e. The van der Waals surface area contributed by atoms with Gasteiger partial charge in [0.15, 0.2) is 0 Å². The molecule has 0 saturated heterocycles. The Bertz CT molecular complexity index is 360. The quantitative estimate of drug-likeness (QED) is 0.769. The van der Waals surface area contributed by atoms with Crippen LogP contribution >= 0.6 is 0 Å². The summed E-state index contributed by atoms with van der Waals surface area (Å²) in [6.45, 7) is 9.58. The fourth-order valence-corrected chi connectivity index (χ4v) is 1.39. The highest BCUT2D eigenvalue weighted by molar-refractivity contribution is 5.48. The molecule has 0 spiro atoms. The zero-order chi connectivity index (χ0) is 12.9. The van der Waals surface area contributed by atoms with Gasteiger partial charge in [0.05, 0.1) is 6.61 Å². The van der Waals surface area contributed by atoms with Gasteiger partial charge in [-0.1, -0.05) is 0 Å². The second-order valence-electron chi connectivity index (χ2n) is 4.98. The number of hydrogen-bond acceptors (Lipinski definition) is 5. The Labute approximate surface area is 103 Å². The van der Waals surface area contributed by atoms with Crippen molar-refractivity contribution in [3.05, 3.63) is 11.9 Å². The Morgan fingerprint density at radius 1 is 1.24 bits per heavy atom. The topological polar surface area (TPSA) is 59.1 Å². The van der Waals surface area contributed by atoms with Gasteiger partial charge in [-0.25, -0.2) is 9.97 Å². The van der Waals surface area contributed by atoms with E-state index >= 15 is 0 Å². The van der Waals surface area contributed by atoms with E-state index in [4.69, 9.17) is 4.74 Å². The zero-order valence-corrected chi connectivity index (χ0v) is 11.3. The lowest BCUT2D eigenvalue weighted by atomic mass is 10.1. The van der Waals surface area contributed by atoms with Crippen molar-refractivity contribution in [3.63, 3.8) is 0 Å². The van der Waals surface area contributed by atoms with Gasteiger partial charge >= 0.3 is 0 Å². The lowest BCUT2D eigenvalue weighted by molar-refractivity contribution is 0.210. The predicted molar refractivity (Wildman–Crippen MR) is 70.5 cm³/mol. The van der Waals surface area contributed by atoms with Gasteiger partial charge in [-0.3, -0.25) is 0 Å². The molecule has 0 fully saturated rings. The van der Waals surface area contributed by atoms with Gasteiger partial charge in [-0.15, -0.1) is 0 Å². The second kappa shape index (κ2) is 5.82. The monoisotopic (exact) mass is 238 g/mol. The Hall–Kier alpha value is -1.36. The van der Waals surface area contributed by atoms with E-state index in [1.54, 1.807) is 7.11 Å². The van der Waals surface area contributed by atoms with Crippen molar-refractivity contribution in [2.45, 2.75) is 33.2 Å². The van der Waals surface area contributed by atoms with Crippen molar-refractivity contribution in [1.29, 1.82) is 0 Å². The standard InChI is InChI=1S/C12H22N4O/c1-9-14-10(13-6-7-17-5)8-11(15-9)16-12(2,3)4/h8H,6-7H2,1-5H3,(H2,13,14,15,16). The molecule has 1 aromatic heterocycles. The Balaban J connectivity index is 2.72. The van der Waals surface area contributed by atoms with Gasteiger partial charge in [0.1, 0.15) is 17.5 Å². The lowest BCUT2D eigenvalue weighted by Gasteiger charge is -2.21. The van der Waals surface area contributed by atoms with Crippen LogP contribution in [-0.4, -0.2) is 35.8 Å². The van der Waals surface area contributed by atoms with E-state index in [9.17, 15) is 0 Å². The molecule has 0 aromatic carbocycles. The van der Waals surface area contributed by atoms with Crippen LogP contribution in [0.15, 0.2) is 6.07 Å². The third kappa shape index (κ3) is 5.49. The first-order valence-corrected chi connectivity index (χ1v) is 5.77. The molecule has 2 N–H and O–H groups in total. The molecule has 5 nitrogen and oxygen atoms in total. The summed E-state index contributed by atoms with van der Waals surface area (Å²) in [5.41, 5.74) is -0.00933. The van der Waals surface area contributed by atoms with Crippen LogP contribution in [0.5, 0.6) is 0 Å². The van der Waals surface area contributed by atoms with E-state index < -0.39 is 0 Å². The number of nitrogens with zero attached hydrogens (tertiary/aromatic N) is 2. The summed E-state index contributed by atoms with van der Waals surface area (Å²) in [4.78, 5) is 8.67. The maximum Gasteiger partial charge on any atom is 0.132 e. The molecule has 0 aliphatic rings. The highest BCUT2D eigenvalue weighted by Gasteiger charge is 2.11. The van der Waals surface area contributed by atoms with Crippen LogP contribution in [0.2, 0.25) is 0 Å². The van der Waals surface area contributed by atoms with E-state index in [1.807, 2.05) is 13.0 Å². The molecular formula is C12H22N4O. The summed E-state index contributed by atoms with van der Waals surface area (Å²) in [6, 6.07) is 1.91. The Morgan fingerprint density at radius 2 is 1.88 bits per heavy atom. The van der Waals surface area contributed by atoms with E-state index in [-0.39, 0.29) is 5.54 Å². The largest absolute Gasteiger partial charge is 0.383 e. The number of methoxy groups -OCH3 is 1. The molecule has 0 amide bonds. The highest BCUT2D eigenvalue weighted by Crippen LogP contribution is 2.15. The van der Waals surface area contributed by atoms with Crippen LogP contribution in [-0.2, 0) is 4.74 Å². The maximum absolute atomic E-state index is 4.98. The van der Waals surface area contributed by atoms with Gasteiger partial charge in [-0.05, 0) is 27.7 Å². The normalized spacial score (nSPS) is 11.4. The lowest BCUT2D eigenvalue weighted by Crippen LogP contribution is -2.27. The average Bonchev–Trinajstić information content (AvgIpc) is 2.14. The molecular weight excluding hydrogens is 216 g/mol. The fraction of sp³-hybridized carbons (Fsp3) is 0.667. The minimum atomic E-state index is -0.00933. The van der Waals surface area contributed by atoms with Crippen molar-refractivity contribution in [3.8, 4) is 0 Å². The number of ether oxygens (including phenoxy) is 1. The number of nitrogens with one attached hydrogen (secondary N) is 2. The molecule has 1 aromatic rings. The number of hydrogen-bond donors (Lipinski definition) is 2. The van der Waals surface area contributed by atoms with E-state index in [0.29, 0.717) is 6.61 Å². The summed E-state index contributed by atoms with van der Waals surface area (Å²) in [5, 5.41) is 6.53. The van der Waals surface area contributed by atoms with Gasteiger partial charge in [-0.2, -0.15) is 0 Å². The van der Waals surface area contributed by atoms with Crippen LogP contribution < -0.4 is 10.6 Å². The van der Waals surface area contributed by atoms with Gasteiger partial charge in [0.25, 0.3) is 0 Å². The molecule has 0 atom stereocenters. The molecule has 0 unspecified atom stereocenters. The molecule has 0 radical (unpaired) electrons. The maximum atomic E-state index is 4.98. The summed E-state index contributed by atoms with van der Waals surface area (Å²) in [6.07, 6.45) is 0. The number of aryl methyl sites for hydroxylation is 1. The van der Waals surface area contributed by atoms with Crippen LogP contribution in [0.1, 0.15) is 26.6 Å². The van der Waals surface area contributed by atoms with Gasteiger partial charge in [0, 0.05) is 25.3 Å². The summed E-state index contributed by atoms with van der Waals surface area (Å²) in [5.74, 6) is 2.41. The zero-order valence-electron chi connectivity index (χ0n) is 11.3. The Morgan fingerprint density at radius 3 is 2.47 bits per heavy atom. The van der Waals surface area contributed by atoms with Crippen LogP contribution in [0.25, 0.3) is 0 Å². The molecule has 0 saturated carbocycles. The van der Waals surface area contributed by atoms with Crippen LogP contribution in [0.4, 0.5) is 11.6 Å². The summed E-state index contributed by atoms with van der Waals surface area (Å²) < 4.78 is 4.98. The number of anilines is 2. The van der Waals surface area contributed by atoms with Crippen molar-refractivity contribution in [2.24, 2.45) is 0 Å². The number of rotatable bonds is 5. The molecule has 1 heterocycles. The first kappa shape index (κ1) is 13.7. The van der Waals surface area contributed by atoms with Gasteiger partial charge in [0.2, 0.25) is 0 Å². The summed E-state index contributed by atoms with van der Waals surface area (Å²) in [7, 11) is 1.68. The molecule has 96 valence electrons. The van der Waals surface area contributed by atoms with Crippen molar-refractivity contribution < 1.29 is 4.74 Å².